The average molecular weight is 204 g/mol. The Morgan fingerprint density at radius 1 is 1.21 bits per heavy atom. The Kier molecular flexibility index (Phi) is 2.87. The summed E-state index contributed by atoms with van der Waals surface area (Å²) in [5.74, 6) is 0. The van der Waals surface area contributed by atoms with Gasteiger partial charge in [-0.25, -0.2) is 0 Å². The second kappa shape index (κ2) is 4.14. The molecule has 0 fully saturated rings. The third kappa shape index (κ3) is 1.69. The van der Waals surface area contributed by atoms with Crippen molar-refractivity contribution in [3.63, 3.8) is 0 Å². The first-order chi connectivity index (χ1) is 6.83. The predicted octanol–water partition coefficient (Wildman–Crippen LogP) is 4.55. The molecule has 0 saturated carbocycles. The molecule has 0 unspecified atom stereocenters. The molecule has 2 aromatic rings. The van der Waals surface area contributed by atoms with Crippen LogP contribution >= 0.6 is 11.3 Å². The van der Waals surface area contributed by atoms with Crippen LogP contribution in [-0.2, 0) is 6.42 Å². The van der Waals surface area contributed by atoms with Gasteiger partial charge in [0.15, 0.2) is 0 Å². The van der Waals surface area contributed by atoms with Gasteiger partial charge < -0.3 is 0 Å². The number of thiophene rings is 1. The summed E-state index contributed by atoms with van der Waals surface area (Å²) in [5, 5.41) is 3.65. The zero-order chi connectivity index (χ0) is 9.97. The van der Waals surface area contributed by atoms with E-state index in [9.17, 15) is 0 Å². The largest absolute Gasteiger partial charge is 0.144 e. The normalized spacial score (nSPS) is 11.0. The first kappa shape index (κ1) is 9.72. The van der Waals surface area contributed by atoms with E-state index in [-0.39, 0.29) is 0 Å². The number of benzene rings is 1. The highest BCUT2D eigenvalue weighted by Crippen LogP contribution is 2.28. The minimum absolute atomic E-state index is 1.23. The van der Waals surface area contributed by atoms with Gasteiger partial charge in [-0.15, -0.1) is 11.3 Å². The van der Waals surface area contributed by atoms with Crippen LogP contribution in [0.2, 0.25) is 0 Å². The van der Waals surface area contributed by atoms with E-state index in [0.29, 0.717) is 0 Å². The molecule has 2 rings (SSSR count). The van der Waals surface area contributed by atoms with E-state index < -0.39 is 0 Å². The molecule has 0 saturated heterocycles. The van der Waals surface area contributed by atoms with E-state index in [4.69, 9.17) is 0 Å². The molecule has 74 valence electrons. The highest BCUT2D eigenvalue weighted by atomic mass is 32.1. The maximum absolute atomic E-state index is 2.30. The molecule has 0 nitrogen and oxygen atoms in total. The number of hydrogen-bond acceptors (Lipinski definition) is 1. The molecule has 0 aliphatic heterocycles. The van der Waals surface area contributed by atoms with Crippen molar-refractivity contribution in [2.45, 2.75) is 33.1 Å². The van der Waals surface area contributed by atoms with E-state index in [0.717, 1.165) is 0 Å². The molecule has 1 heterocycles. The van der Waals surface area contributed by atoms with Crippen molar-refractivity contribution in [3.05, 3.63) is 34.7 Å². The Morgan fingerprint density at radius 2 is 2.07 bits per heavy atom. The zero-order valence-electron chi connectivity index (χ0n) is 8.84. The number of aryl methyl sites for hydroxylation is 2. The van der Waals surface area contributed by atoms with Gasteiger partial charge in [-0.2, -0.15) is 0 Å². The molecule has 0 aliphatic carbocycles. The van der Waals surface area contributed by atoms with Crippen molar-refractivity contribution in [2.24, 2.45) is 0 Å². The molecule has 1 aromatic heterocycles. The van der Waals surface area contributed by atoms with Gasteiger partial charge in [-0.05, 0) is 47.7 Å². The van der Waals surface area contributed by atoms with E-state index >= 15 is 0 Å². The number of hydrogen-bond donors (Lipinski definition) is 0. The van der Waals surface area contributed by atoms with Crippen LogP contribution in [0.5, 0.6) is 0 Å². The Hall–Kier alpha value is -0.820. The van der Waals surface area contributed by atoms with Gasteiger partial charge in [0.25, 0.3) is 0 Å². The van der Waals surface area contributed by atoms with Gasteiger partial charge in [0.2, 0.25) is 0 Å². The second-order valence-electron chi connectivity index (χ2n) is 3.81. The van der Waals surface area contributed by atoms with Crippen molar-refractivity contribution < 1.29 is 0 Å². The molecule has 0 atom stereocenters. The Bertz CT molecular complexity index is 426. The van der Waals surface area contributed by atoms with E-state index in [2.05, 4.69) is 37.4 Å². The Labute approximate surface area is 89.6 Å². The fourth-order valence-electron chi connectivity index (χ4n) is 1.82. The lowest BCUT2D eigenvalue weighted by Gasteiger charge is -2.03. The summed E-state index contributed by atoms with van der Waals surface area (Å²) >= 11 is 1.88. The average Bonchev–Trinajstić information content (AvgIpc) is 2.66. The molecule has 0 bridgehead atoms. The van der Waals surface area contributed by atoms with Crippen LogP contribution in [-0.4, -0.2) is 0 Å². The highest BCUT2D eigenvalue weighted by molar-refractivity contribution is 7.17. The van der Waals surface area contributed by atoms with Gasteiger partial charge in [-0.3, -0.25) is 0 Å². The van der Waals surface area contributed by atoms with Crippen LogP contribution in [0.4, 0.5) is 0 Å². The first-order valence-electron chi connectivity index (χ1n) is 5.28. The molecule has 0 spiro atoms. The van der Waals surface area contributed by atoms with Gasteiger partial charge in [-0.1, -0.05) is 25.5 Å². The number of rotatable bonds is 3. The van der Waals surface area contributed by atoms with Crippen LogP contribution in [0.3, 0.4) is 0 Å². The predicted molar refractivity (Wildman–Crippen MR) is 65.2 cm³/mol. The maximum atomic E-state index is 2.30. The van der Waals surface area contributed by atoms with Crippen molar-refractivity contribution in [2.75, 3.05) is 0 Å². The molecule has 0 amide bonds. The molecular weight excluding hydrogens is 188 g/mol. The topological polar surface area (TPSA) is 0 Å². The smallest absolute Gasteiger partial charge is 0.0377 e. The zero-order valence-corrected chi connectivity index (χ0v) is 9.66. The van der Waals surface area contributed by atoms with E-state index in [1.165, 1.54) is 40.5 Å². The molecule has 1 heteroatoms. The van der Waals surface area contributed by atoms with Crippen LogP contribution in [0, 0.1) is 6.92 Å². The molecule has 1 aromatic carbocycles. The van der Waals surface area contributed by atoms with Gasteiger partial charge >= 0.3 is 0 Å². The third-order valence-electron chi connectivity index (χ3n) is 2.72. The van der Waals surface area contributed by atoms with Crippen molar-refractivity contribution in [1.82, 2.24) is 0 Å². The van der Waals surface area contributed by atoms with E-state index in [1.807, 2.05) is 11.3 Å². The van der Waals surface area contributed by atoms with Gasteiger partial charge in [0.1, 0.15) is 0 Å². The van der Waals surface area contributed by atoms with Crippen LogP contribution in [0.15, 0.2) is 23.6 Å². The van der Waals surface area contributed by atoms with Gasteiger partial charge in [0, 0.05) is 4.70 Å². The lowest BCUT2D eigenvalue weighted by atomic mass is 10.0. The fourth-order valence-corrected chi connectivity index (χ4v) is 2.84. The molecule has 0 radical (unpaired) electrons. The molecule has 0 aliphatic rings. The van der Waals surface area contributed by atoms with Crippen molar-refractivity contribution in [3.8, 4) is 0 Å². The summed E-state index contributed by atoms with van der Waals surface area (Å²) in [7, 11) is 0. The van der Waals surface area contributed by atoms with E-state index in [1.54, 1.807) is 0 Å². The SMILES string of the molecule is CCCCc1ccc(C)c2ccsc12. The maximum Gasteiger partial charge on any atom is 0.0377 e. The van der Waals surface area contributed by atoms with Crippen molar-refractivity contribution in [1.29, 1.82) is 0 Å². The summed E-state index contributed by atoms with van der Waals surface area (Å²) in [5.41, 5.74) is 2.93. The first-order valence-corrected chi connectivity index (χ1v) is 6.16. The monoisotopic (exact) mass is 204 g/mol. The lowest BCUT2D eigenvalue weighted by Crippen LogP contribution is -1.85. The molecular formula is C13H16S. The second-order valence-corrected chi connectivity index (χ2v) is 4.72. The minimum Gasteiger partial charge on any atom is -0.144 e. The number of fused-ring (bicyclic) bond motifs is 1. The quantitative estimate of drug-likeness (QED) is 0.688. The van der Waals surface area contributed by atoms with Gasteiger partial charge in [0.05, 0.1) is 0 Å². The van der Waals surface area contributed by atoms with Crippen LogP contribution < -0.4 is 0 Å². The summed E-state index contributed by atoms with van der Waals surface area (Å²) in [4.78, 5) is 0. The van der Waals surface area contributed by atoms with Crippen LogP contribution in [0.25, 0.3) is 10.1 Å². The Morgan fingerprint density at radius 3 is 2.86 bits per heavy atom. The summed E-state index contributed by atoms with van der Waals surface area (Å²) in [6.45, 7) is 4.44. The fraction of sp³-hybridized carbons (Fsp3) is 0.385. The standard InChI is InChI=1S/C13H16S/c1-3-4-5-11-7-6-10(2)12-8-9-14-13(11)12/h6-9H,3-5H2,1-2H3. The molecule has 14 heavy (non-hydrogen) atoms. The minimum atomic E-state index is 1.23. The molecule has 0 N–H and O–H groups in total. The third-order valence-corrected chi connectivity index (χ3v) is 3.71. The Balaban J connectivity index is 2.45. The summed E-state index contributed by atoms with van der Waals surface area (Å²) < 4.78 is 1.50. The highest BCUT2D eigenvalue weighted by Gasteiger charge is 2.03. The summed E-state index contributed by atoms with van der Waals surface area (Å²) in [6, 6.07) is 6.79. The number of unbranched alkanes of at least 4 members (excludes halogenated alkanes) is 1. The summed E-state index contributed by atoms with van der Waals surface area (Å²) in [6.07, 6.45) is 3.81. The van der Waals surface area contributed by atoms with Crippen LogP contribution in [0.1, 0.15) is 30.9 Å². The lowest BCUT2D eigenvalue weighted by molar-refractivity contribution is 0.799. The van der Waals surface area contributed by atoms with Crippen molar-refractivity contribution >= 4 is 21.4 Å².